The third-order valence-electron chi connectivity index (χ3n) is 3.68. The number of halogens is 2. The van der Waals surface area contributed by atoms with Crippen molar-refractivity contribution in [3.8, 4) is 0 Å². The van der Waals surface area contributed by atoms with Gasteiger partial charge in [-0.3, -0.25) is 4.79 Å². The number of carbonyl (C=O) groups excluding carboxylic acids is 1. The lowest BCUT2D eigenvalue weighted by atomic mass is 10.1. The van der Waals surface area contributed by atoms with E-state index in [1.807, 2.05) is 36.3 Å². The van der Waals surface area contributed by atoms with Crippen molar-refractivity contribution in [2.75, 3.05) is 0 Å². The van der Waals surface area contributed by atoms with Gasteiger partial charge in [-0.2, -0.15) is 0 Å². The van der Waals surface area contributed by atoms with Crippen LogP contribution in [0.1, 0.15) is 49.9 Å². The fraction of sp³-hybridized carbons (Fsp3) is 0.444. The summed E-state index contributed by atoms with van der Waals surface area (Å²) in [5.74, 6) is 0.452. The van der Waals surface area contributed by atoms with Crippen LogP contribution < -0.4 is 0 Å². The van der Waals surface area contributed by atoms with Crippen LogP contribution >= 0.6 is 34.5 Å². The average Bonchev–Trinajstić information content (AvgIpc) is 2.96. The Morgan fingerprint density at radius 3 is 2.46 bits per heavy atom. The molecule has 1 heterocycles. The number of amides is 1. The maximum absolute atomic E-state index is 12.7. The zero-order chi connectivity index (χ0) is 17.9. The van der Waals surface area contributed by atoms with Crippen molar-refractivity contribution >= 4 is 40.4 Å². The summed E-state index contributed by atoms with van der Waals surface area (Å²) in [5, 5.41) is 4.07. The topological polar surface area (TPSA) is 33.2 Å². The van der Waals surface area contributed by atoms with Crippen molar-refractivity contribution in [1.82, 2.24) is 9.88 Å². The number of aromatic nitrogens is 1. The zero-order valence-corrected chi connectivity index (χ0v) is 16.7. The van der Waals surface area contributed by atoms with Crippen molar-refractivity contribution in [3.63, 3.8) is 0 Å². The fourth-order valence-corrected chi connectivity index (χ4v) is 3.47. The highest BCUT2D eigenvalue weighted by Crippen LogP contribution is 2.24. The van der Waals surface area contributed by atoms with Crippen molar-refractivity contribution in [1.29, 1.82) is 0 Å². The molecule has 0 unspecified atom stereocenters. The highest BCUT2D eigenvalue weighted by Gasteiger charge is 2.19. The molecular weight excluding hydrogens is 363 g/mol. The molecule has 6 heteroatoms. The standard InChI is InChI=1S/C18H22Cl2N2OS/c1-11(2)18-21-14(10-24-18)8-17(23)22(12(3)4)9-13-5-6-15(19)16(20)7-13/h5-7,10-12H,8-9H2,1-4H3. The van der Waals surface area contributed by atoms with Crippen LogP contribution in [-0.4, -0.2) is 21.8 Å². The monoisotopic (exact) mass is 384 g/mol. The molecule has 0 bridgehead atoms. The van der Waals surface area contributed by atoms with Crippen LogP contribution in [0, 0.1) is 0 Å². The molecule has 0 saturated heterocycles. The highest BCUT2D eigenvalue weighted by atomic mass is 35.5. The number of thiazole rings is 1. The smallest absolute Gasteiger partial charge is 0.229 e. The van der Waals surface area contributed by atoms with E-state index in [4.69, 9.17) is 23.2 Å². The lowest BCUT2D eigenvalue weighted by Crippen LogP contribution is -2.37. The average molecular weight is 385 g/mol. The fourth-order valence-electron chi connectivity index (χ4n) is 2.32. The molecule has 0 spiro atoms. The van der Waals surface area contributed by atoms with Gasteiger partial charge in [-0.1, -0.05) is 43.1 Å². The molecule has 130 valence electrons. The molecule has 2 aromatic rings. The molecule has 2 rings (SSSR count). The number of hydrogen-bond donors (Lipinski definition) is 0. The maximum atomic E-state index is 12.7. The summed E-state index contributed by atoms with van der Waals surface area (Å²) < 4.78 is 0. The lowest BCUT2D eigenvalue weighted by molar-refractivity contribution is -0.132. The van der Waals surface area contributed by atoms with Crippen LogP contribution in [0.4, 0.5) is 0 Å². The first-order chi connectivity index (χ1) is 11.3. The van der Waals surface area contributed by atoms with Gasteiger partial charge in [0.1, 0.15) is 0 Å². The SMILES string of the molecule is CC(C)c1nc(CC(=O)N(Cc2ccc(Cl)c(Cl)c2)C(C)C)cs1. The molecule has 24 heavy (non-hydrogen) atoms. The van der Waals surface area contributed by atoms with Crippen molar-refractivity contribution in [2.24, 2.45) is 0 Å². The van der Waals surface area contributed by atoms with Gasteiger partial charge in [0, 0.05) is 23.9 Å². The quantitative estimate of drug-likeness (QED) is 0.653. The van der Waals surface area contributed by atoms with Gasteiger partial charge < -0.3 is 4.90 Å². The van der Waals surface area contributed by atoms with Crippen LogP contribution in [0.2, 0.25) is 10.0 Å². The molecule has 0 radical (unpaired) electrons. The van der Waals surface area contributed by atoms with E-state index >= 15 is 0 Å². The predicted molar refractivity (Wildman–Crippen MR) is 102 cm³/mol. The van der Waals surface area contributed by atoms with Gasteiger partial charge in [-0.25, -0.2) is 4.98 Å². The van der Waals surface area contributed by atoms with E-state index in [0.717, 1.165) is 16.3 Å². The van der Waals surface area contributed by atoms with E-state index in [-0.39, 0.29) is 11.9 Å². The number of nitrogens with zero attached hydrogens (tertiary/aromatic N) is 2. The minimum Gasteiger partial charge on any atom is -0.336 e. The van der Waals surface area contributed by atoms with Gasteiger partial charge in [-0.05, 0) is 31.5 Å². The maximum Gasteiger partial charge on any atom is 0.229 e. The molecule has 1 aromatic heterocycles. The summed E-state index contributed by atoms with van der Waals surface area (Å²) in [4.78, 5) is 19.1. The third kappa shape index (κ3) is 4.95. The van der Waals surface area contributed by atoms with Gasteiger partial charge in [0.2, 0.25) is 5.91 Å². The van der Waals surface area contributed by atoms with Crippen molar-refractivity contribution in [2.45, 2.75) is 52.6 Å². The number of rotatable bonds is 6. The summed E-state index contributed by atoms with van der Waals surface area (Å²) in [6.07, 6.45) is 0.322. The van der Waals surface area contributed by atoms with Crippen molar-refractivity contribution < 1.29 is 4.79 Å². The van der Waals surface area contributed by atoms with Gasteiger partial charge in [0.25, 0.3) is 0 Å². The molecule has 0 aliphatic heterocycles. The van der Waals surface area contributed by atoms with E-state index in [0.29, 0.717) is 28.9 Å². The summed E-state index contributed by atoms with van der Waals surface area (Å²) in [6.45, 7) is 8.74. The van der Waals surface area contributed by atoms with Crippen LogP contribution in [-0.2, 0) is 17.8 Å². The minimum absolute atomic E-state index is 0.0664. The number of hydrogen-bond acceptors (Lipinski definition) is 3. The molecule has 1 aromatic carbocycles. The number of carbonyl (C=O) groups is 1. The second kappa shape index (κ2) is 8.32. The molecule has 1 amide bonds. The predicted octanol–water partition coefficient (Wildman–Crippen LogP) is 5.55. The van der Waals surface area contributed by atoms with Crippen LogP contribution in [0.5, 0.6) is 0 Å². The summed E-state index contributed by atoms with van der Waals surface area (Å²) >= 11 is 13.6. The van der Waals surface area contributed by atoms with E-state index < -0.39 is 0 Å². The van der Waals surface area contributed by atoms with E-state index in [1.165, 1.54) is 0 Å². The summed E-state index contributed by atoms with van der Waals surface area (Å²) in [7, 11) is 0. The Morgan fingerprint density at radius 1 is 1.21 bits per heavy atom. The van der Waals surface area contributed by atoms with Gasteiger partial charge >= 0.3 is 0 Å². The van der Waals surface area contributed by atoms with Gasteiger partial charge in [0.15, 0.2) is 0 Å². The molecule has 3 nitrogen and oxygen atoms in total. The van der Waals surface area contributed by atoms with E-state index in [2.05, 4.69) is 18.8 Å². The third-order valence-corrected chi connectivity index (χ3v) is 5.61. The molecule has 0 N–H and O–H groups in total. The van der Waals surface area contributed by atoms with Gasteiger partial charge in [-0.15, -0.1) is 11.3 Å². The molecule has 0 saturated carbocycles. The Labute approximate surface area is 157 Å². The molecule has 0 aliphatic rings. The molecule has 0 fully saturated rings. The Kier molecular flexibility index (Phi) is 6.67. The van der Waals surface area contributed by atoms with Crippen LogP contribution in [0.3, 0.4) is 0 Å². The second-order valence-electron chi connectivity index (χ2n) is 6.37. The molecule has 0 aliphatic carbocycles. The highest BCUT2D eigenvalue weighted by molar-refractivity contribution is 7.09. The molecule has 0 atom stereocenters. The first kappa shape index (κ1) is 19.2. The second-order valence-corrected chi connectivity index (χ2v) is 8.08. The first-order valence-electron chi connectivity index (χ1n) is 7.95. The van der Waals surface area contributed by atoms with Crippen molar-refractivity contribution in [3.05, 3.63) is 49.9 Å². The normalized spacial score (nSPS) is 11.3. The van der Waals surface area contributed by atoms with Crippen LogP contribution in [0.15, 0.2) is 23.6 Å². The Hall–Kier alpha value is -1.10. The lowest BCUT2D eigenvalue weighted by Gasteiger charge is -2.27. The Morgan fingerprint density at radius 2 is 1.92 bits per heavy atom. The largest absolute Gasteiger partial charge is 0.336 e. The molecular formula is C18H22Cl2N2OS. The Balaban J connectivity index is 2.10. The zero-order valence-electron chi connectivity index (χ0n) is 14.3. The summed E-state index contributed by atoms with van der Waals surface area (Å²) in [6, 6.07) is 5.57. The Bertz CT molecular complexity index is 713. The van der Waals surface area contributed by atoms with Gasteiger partial charge in [0.05, 0.1) is 27.2 Å². The minimum atomic E-state index is 0.0664. The van der Waals surface area contributed by atoms with E-state index in [9.17, 15) is 4.79 Å². The number of benzene rings is 1. The first-order valence-corrected chi connectivity index (χ1v) is 9.59. The van der Waals surface area contributed by atoms with Crippen LogP contribution in [0.25, 0.3) is 0 Å². The summed E-state index contributed by atoms with van der Waals surface area (Å²) in [5.41, 5.74) is 1.81. The van der Waals surface area contributed by atoms with E-state index in [1.54, 1.807) is 17.4 Å².